The van der Waals surface area contributed by atoms with Gasteiger partial charge in [0.25, 0.3) is 5.91 Å². The number of amides is 1. The van der Waals surface area contributed by atoms with E-state index in [0.717, 1.165) is 27.9 Å². The third-order valence-corrected chi connectivity index (χ3v) is 5.99. The molecule has 7 heteroatoms. The fourth-order valence-electron chi connectivity index (χ4n) is 4.00. The predicted molar refractivity (Wildman–Crippen MR) is 141 cm³/mol. The largest absolute Gasteiger partial charge is 0.327 e. The Morgan fingerprint density at radius 3 is 2.20 bits per heavy atom. The van der Waals surface area contributed by atoms with Crippen molar-refractivity contribution in [2.24, 2.45) is 0 Å². The molecule has 1 amide bonds. The van der Waals surface area contributed by atoms with E-state index in [1.54, 1.807) is 10.8 Å². The highest BCUT2D eigenvalue weighted by Gasteiger charge is 2.32. The molecule has 1 saturated heterocycles. The molecule has 0 bridgehead atoms. The fourth-order valence-corrected chi connectivity index (χ4v) is 4.30. The zero-order valence-corrected chi connectivity index (χ0v) is 19.6. The molecule has 1 aromatic heterocycles. The van der Waals surface area contributed by atoms with Crippen molar-refractivity contribution in [2.75, 3.05) is 4.90 Å². The molecule has 1 aliphatic rings. The number of aryl methyl sites for hydroxylation is 1. The van der Waals surface area contributed by atoms with Crippen LogP contribution in [0.4, 0.5) is 5.69 Å². The van der Waals surface area contributed by atoms with Crippen molar-refractivity contribution in [1.29, 1.82) is 5.26 Å². The average molecular weight is 476 g/mol. The monoisotopic (exact) mass is 475 g/mol. The fraction of sp³-hybridized carbons (Fsp3) is 0.0714. The number of nitrogens with zero attached hydrogens (tertiary/aromatic N) is 4. The summed E-state index contributed by atoms with van der Waals surface area (Å²) in [7, 11) is 0. The van der Waals surface area contributed by atoms with E-state index in [-0.39, 0.29) is 5.91 Å². The highest BCUT2D eigenvalue weighted by Crippen LogP contribution is 2.28. The normalized spacial score (nSPS) is 14.3. The zero-order chi connectivity index (χ0) is 24.2. The minimum atomic E-state index is -0.230. The smallest absolute Gasteiger partial charge is 0.281 e. The Labute approximate surface area is 208 Å². The molecule has 0 spiro atoms. The average Bonchev–Trinajstić information content (AvgIpc) is 3.43. The maximum Gasteiger partial charge on any atom is 0.281 e. The molecule has 4 aromatic rings. The van der Waals surface area contributed by atoms with Crippen LogP contribution >= 0.6 is 12.2 Å². The second kappa shape index (κ2) is 9.75. The molecule has 1 fully saturated rings. The van der Waals surface area contributed by atoms with E-state index in [1.807, 2.05) is 91.1 Å². The van der Waals surface area contributed by atoms with E-state index in [0.29, 0.717) is 29.5 Å². The Hall–Kier alpha value is -4.54. The summed E-state index contributed by atoms with van der Waals surface area (Å²) in [6.45, 7) is 0.471. The Kier molecular flexibility index (Phi) is 6.20. The molecular formula is C28H21N5OS. The van der Waals surface area contributed by atoms with Gasteiger partial charge in [-0.2, -0.15) is 10.4 Å². The number of carbonyl (C=O) groups is 1. The Morgan fingerprint density at radius 2 is 1.54 bits per heavy atom. The van der Waals surface area contributed by atoms with E-state index in [4.69, 9.17) is 17.5 Å². The number of benzene rings is 3. The molecule has 35 heavy (non-hydrogen) atoms. The van der Waals surface area contributed by atoms with Crippen LogP contribution in [0.25, 0.3) is 28.5 Å². The first-order valence-electron chi connectivity index (χ1n) is 11.2. The summed E-state index contributed by atoms with van der Waals surface area (Å²) in [6, 6.07) is 29.7. The molecule has 1 N–H and O–H groups in total. The molecule has 6 nitrogen and oxygen atoms in total. The lowest BCUT2D eigenvalue weighted by molar-refractivity contribution is -0.113. The Balaban J connectivity index is 1.45. The highest BCUT2D eigenvalue weighted by molar-refractivity contribution is 7.80. The van der Waals surface area contributed by atoms with Crippen molar-refractivity contribution in [3.8, 4) is 28.5 Å². The molecule has 170 valence electrons. The Morgan fingerprint density at radius 1 is 0.914 bits per heavy atom. The molecule has 0 saturated carbocycles. The van der Waals surface area contributed by atoms with Gasteiger partial charge in [0.05, 0.1) is 30.4 Å². The van der Waals surface area contributed by atoms with E-state index in [9.17, 15) is 4.79 Å². The predicted octanol–water partition coefficient (Wildman–Crippen LogP) is 5.39. The standard InChI is InChI=1S/C28H21N5OS/c29-16-7-17-32-19-23(26(31-32)22-10-5-2-6-11-22)18-25-27(34)33(28(35)30-25)24-14-12-21(13-15-24)20-8-3-1-4-9-20/h1-6,8-15,18-19H,7,17H2,(H,30,35)/b25-18+. The topological polar surface area (TPSA) is 74.0 Å². The molecule has 0 radical (unpaired) electrons. The van der Waals surface area contributed by atoms with Gasteiger partial charge >= 0.3 is 0 Å². The van der Waals surface area contributed by atoms with Crippen LogP contribution in [0.3, 0.4) is 0 Å². The minimum Gasteiger partial charge on any atom is -0.327 e. The summed E-state index contributed by atoms with van der Waals surface area (Å²) in [5, 5.41) is 17.0. The van der Waals surface area contributed by atoms with E-state index < -0.39 is 0 Å². The number of nitriles is 1. The van der Waals surface area contributed by atoms with Crippen molar-refractivity contribution in [3.05, 3.63) is 102 Å². The van der Waals surface area contributed by atoms with Gasteiger partial charge in [-0.05, 0) is 41.6 Å². The minimum absolute atomic E-state index is 0.230. The number of hydrogen-bond donors (Lipinski definition) is 1. The van der Waals surface area contributed by atoms with Gasteiger partial charge in [-0.15, -0.1) is 0 Å². The van der Waals surface area contributed by atoms with E-state index in [1.165, 1.54) is 4.90 Å². The first kappa shape index (κ1) is 22.3. The molecule has 1 aliphatic heterocycles. The summed E-state index contributed by atoms with van der Waals surface area (Å²) in [4.78, 5) is 14.8. The van der Waals surface area contributed by atoms with Crippen LogP contribution in [0.5, 0.6) is 0 Å². The molecule has 0 atom stereocenters. The maximum atomic E-state index is 13.3. The van der Waals surface area contributed by atoms with E-state index in [2.05, 4.69) is 16.5 Å². The molecule has 3 aromatic carbocycles. The first-order chi connectivity index (χ1) is 17.1. The van der Waals surface area contributed by atoms with Gasteiger partial charge in [-0.3, -0.25) is 14.4 Å². The van der Waals surface area contributed by atoms with Crippen molar-refractivity contribution in [3.63, 3.8) is 0 Å². The lowest BCUT2D eigenvalue weighted by atomic mass is 10.1. The van der Waals surface area contributed by atoms with Crippen LogP contribution in [0.15, 0.2) is 96.8 Å². The number of thiocarbonyl (C=S) groups is 1. The molecule has 0 unspecified atom stereocenters. The van der Waals surface area contributed by atoms with Gasteiger partial charge in [-0.25, -0.2) is 0 Å². The number of aromatic nitrogens is 2. The lowest BCUT2D eigenvalue weighted by Gasteiger charge is -2.14. The van der Waals surface area contributed by atoms with E-state index >= 15 is 0 Å². The van der Waals surface area contributed by atoms with Crippen LogP contribution in [-0.4, -0.2) is 20.8 Å². The van der Waals surface area contributed by atoms with Gasteiger partial charge in [0.1, 0.15) is 5.70 Å². The van der Waals surface area contributed by atoms with Gasteiger partial charge in [0, 0.05) is 17.3 Å². The van der Waals surface area contributed by atoms with Crippen molar-refractivity contribution < 1.29 is 4.79 Å². The van der Waals surface area contributed by atoms with Gasteiger partial charge in [-0.1, -0.05) is 72.8 Å². The number of hydrogen-bond acceptors (Lipinski definition) is 4. The Bertz CT molecular complexity index is 1450. The quantitative estimate of drug-likeness (QED) is 0.299. The van der Waals surface area contributed by atoms with Gasteiger partial charge in [0.15, 0.2) is 5.11 Å². The number of anilines is 1. The molecular weight excluding hydrogens is 454 g/mol. The van der Waals surface area contributed by atoms with Gasteiger partial charge < -0.3 is 5.32 Å². The SMILES string of the molecule is N#CCCn1cc(/C=C2/NC(=S)N(c3ccc(-c4ccccc4)cc3)C2=O)c(-c2ccccc2)n1. The first-order valence-corrected chi connectivity index (χ1v) is 11.6. The van der Waals surface area contributed by atoms with Crippen LogP contribution in [0.1, 0.15) is 12.0 Å². The summed E-state index contributed by atoms with van der Waals surface area (Å²) in [6.07, 6.45) is 3.97. The lowest BCUT2D eigenvalue weighted by Crippen LogP contribution is -2.30. The third-order valence-electron chi connectivity index (χ3n) is 5.70. The van der Waals surface area contributed by atoms with Crippen LogP contribution < -0.4 is 10.2 Å². The molecule has 0 aliphatic carbocycles. The van der Waals surface area contributed by atoms with Crippen molar-refractivity contribution in [1.82, 2.24) is 15.1 Å². The highest BCUT2D eigenvalue weighted by atomic mass is 32.1. The summed E-state index contributed by atoms with van der Waals surface area (Å²) >= 11 is 5.50. The molecule has 5 rings (SSSR count). The van der Waals surface area contributed by atoms with Gasteiger partial charge in [0.2, 0.25) is 0 Å². The second-order valence-corrected chi connectivity index (χ2v) is 8.40. The summed E-state index contributed by atoms with van der Waals surface area (Å²) < 4.78 is 1.73. The number of rotatable bonds is 6. The second-order valence-electron chi connectivity index (χ2n) is 8.01. The van der Waals surface area contributed by atoms with Crippen molar-refractivity contribution >= 4 is 35.0 Å². The van der Waals surface area contributed by atoms with Crippen LogP contribution in [-0.2, 0) is 11.3 Å². The van der Waals surface area contributed by atoms with Crippen molar-refractivity contribution in [2.45, 2.75) is 13.0 Å². The summed E-state index contributed by atoms with van der Waals surface area (Å²) in [5.41, 5.74) is 5.68. The van der Waals surface area contributed by atoms with Crippen LogP contribution in [0, 0.1) is 11.3 Å². The number of nitrogens with one attached hydrogen (secondary N) is 1. The third kappa shape index (κ3) is 4.60. The summed E-state index contributed by atoms with van der Waals surface area (Å²) in [5.74, 6) is -0.230. The zero-order valence-electron chi connectivity index (χ0n) is 18.8. The number of carbonyl (C=O) groups excluding carboxylic acids is 1. The maximum absolute atomic E-state index is 13.3. The molecule has 2 heterocycles. The van der Waals surface area contributed by atoms with Crippen LogP contribution in [0.2, 0.25) is 0 Å².